The predicted octanol–water partition coefficient (Wildman–Crippen LogP) is 5.05. The van der Waals surface area contributed by atoms with E-state index in [2.05, 4.69) is 39.8 Å². The first kappa shape index (κ1) is 21.7. The summed E-state index contributed by atoms with van der Waals surface area (Å²) in [5.41, 5.74) is 5.59. The molecule has 6 rings (SSSR count). The predicted molar refractivity (Wildman–Crippen MR) is 129 cm³/mol. The minimum Gasteiger partial charge on any atom is -0.487 e. The Bertz CT molecular complexity index is 1230. The fourth-order valence-corrected chi connectivity index (χ4v) is 5.29. The number of carbonyl (C=O) groups is 1. The number of hydrogen-bond donors (Lipinski definition) is 2. The van der Waals surface area contributed by atoms with E-state index < -0.39 is 5.41 Å². The number of fused-ring (bicyclic) bond motifs is 4. The number of para-hydroxylation sites is 1. The monoisotopic (exact) mass is 465 g/mol. The minimum absolute atomic E-state index is 0. The van der Waals surface area contributed by atoms with Gasteiger partial charge in [0, 0.05) is 29.5 Å². The summed E-state index contributed by atoms with van der Waals surface area (Å²) >= 11 is 0. The van der Waals surface area contributed by atoms with Crippen molar-refractivity contribution in [2.75, 3.05) is 23.3 Å². The van der Waals surface area contributed by atoms with Crippen LogP contribution in [-0.4, -0.2) is 19.0 Å². The molecule has 3 aliphatic rings. The van der Waals surface area contributed by atoms with Gasteiger partial charge in [0.15, 0.2) is 0 Å². The summed E-state index contributed by atoms with van der Waals surface area (Å²) in [6, 6.07) is 19.1. The third-order valence-electron chi connectivity index (χ3n) is 6.96. The van der Waals surface area contributed by atoms with Crippen LogP contribution < -0.4 is 20.3 Å². The Morgan fingerprint density at radius 2 is 1.82 bits per heavy atom. The Hall–Kier alpha value is -3.09. The van der Waals surface area contributed by atoms with Crippen LogP contribution in [0.2, 0.25) is 0 Å². The van der Waals surface area contributed by atoms with Crippen molar-refractivity contribution >= 4 is 35.4 Å². The molecule has 0 aliphatic carbocycles. The van der Waals surface area contributed by atoms with Crippen molar-refractivity contribution in [1.82, 2.24) is 5.32 Å². The van der Waals surface area contributed by atoms with Crippen LogP contribution in [0.25, 0.3) is 0 Å². The highest BCUT2D eigenvalue weighted by Crippen LogP contribution is 2.45. The lowest BCUT2D eigenvalue weighted by Crippen LogP contribution is -2.44. The number of halogens is 2. The second-order valence-electron chi connectivity index (χ2n) is 8.78. The molecular formula is C26H25ClFN3O2. The number of piperidine rings is 1. The molecule has 1 spiro atoms. The molecule has 3 heterocycles. The lowest BCUT2D eigenvalue weighted by Gasteiger charge is -2.32. The number of nitrogens with zero attached hydrogens (tertiary/aromatic N) is 1. The Kier molecular flexibility index (Phi) is 5.51. The van der Waals surface area contributed by atoms with Gasteiger partial charge in [-0.15, -0.1) is 12.4 Å². The van der Waals surface area contributed by atoms with Crippen LogP contribution >= 0.6 is 12.4 Å². The zero-order chi connectivity index (χ0) is 21.7. The minimum atomic E-state index is -0.410. The lowest BCUT2D eigenvalue weighted by atomic mass is 9.74. The maximum atomic E-state index is 13.9. The van der Waals surface area contributed by atoms with Crippen molar-refractivity contribution in [2.24, 2.45) is 0 Å². The van der Waals surface area contributed by atoms with Gasteiger partial charge in [0.05, 0.1) is 11.1 Å². The molecule has 170 valence electrons. The third-order valence-corrected chi connectivity index (χ3v) is 6.96. The molecular weight excluding hydrogens is 441 g/mol. The summed E-state index contributed by atoms with van der Waals surface area (Å²) in [6.07, 6.45) is 1.64. The van der Waals surface area contributed by atoms with Gasteiger partial charge >= 0.3 is 0 Å². The average molecular weight is 466 g/mol. The molecule has 3 aromatic rings. The van der Waals surface area contributed by atoms with E-state index in [0.29, 0.717) is 18.9 Å². The third kappa shape index (κ3) is 3.54. The summed E-state index contributed by atoms with van der Waals surface area (Å²) in [5, 5.41) is 6.49. The van der Waals surface area contributed by atoms with E-state index >= 15 is 0 Å². The number of amides is 1. The van der Waals surface area contributed by atoms with Crippen LogP contribution in [-0.2, 0) is 23.4 Å². The number of nitrogens with one attached hydrogen (secondary N) is 2. The van der Waals surface area contributed by atoms with E-state index in [-0.39, 0.29) is 24.1 Å². The van der Waals surface area contributed by atoms with Crippen molar-refractivity contribution in [3.05, 3.63) is 83.2 Å². The molecule has 1 fully saturated rings. The quantitative estimate of drug-likeness (QED) is 0.556. The molecule has 1 amide bonds. The highest BCUT2D eigenvalue weighted by molar-refractivity contribution is 6.06. The lowest BCUT2D eigenvalue weighted by molar-refractivity contribution is -0.121. The highest BCUT2D eigenvalue weighted by atomic mass is 35.5. The number of benzene rings is 3. The van der Waals surface area contributed by atoms with Gasteiger partial charge in [0.1, 0.15) is 18.2 Å². The molecule has 33 heavy (non-hydrogen) atoms. The van der Waals surface area contributed by atoms with E-state index in [1.807, 2.05) is 18.2 Å². The van der Waals surface area contributed by atoms with Gasteiger partial charge in [-0.25, -0.2) is 4.39 Å². The molecule has 3 aliphatic heterocycles. The number of anilines is 3. The molecule has 3 aromatic carbocycles. The first-order valence-electron chi connectivity index (χ1n) is 11.1. The molecule has 0 atom stereocenters. The zero-order valence-electron chi connectivity index (χ0n) is 18.1. The first-order valence-corrected chi connectivity index (χ1v) is 11.1. The van der Waals surface area contributed by atoms with Gasteiger partial charge in [-0.2, -0.15) is 0 Å². The van der Waals surface area contributed by atoms with Gasteiger partial charge in [-0.1, -0.05) is 30.3 Å². The largest absolute Gasteiger partial charge is 0.487 e. The van der Waals surface area contributed by atoms with Crippen LogP contribution in [0.4, 0.5) is 21.5 Å². The smallest absolute Gasteiger partial charge is 0.235 e. The van der Waals surface area contributed by atoms with Crippen LogP contribution in [0.1, 0.15) is 29.5 Å². The summed E-state index contributed by atoms with van der Waals surface area (Å²) in [7, 11) is 0. The van der Waals surface area contributed by atoms with E-state index in [1.165, 1.54) is 12.1 Å². The molecule has 1 saturated heterocycles. The van der Waals surface area contributed by atoms with E-state index in [0.717, 1.165) is 59.7 Å². The van der Waals surface area contributed by atoms with Crippen molar-refractivity contribution in [1.29, 1.82) is 0 Å². The fraction of sp³-hybridized carbons (Fsp3) is 0.269. The maximum absolute atomic E-state index is 13.9. The fourth-order valence-electron chi connectivity index (χ4n) is 5.29. The molecule has 0 aromatic heterocycles. The standard InChI is InChI=1S/C26H24FN3O2.ClH/c27-19-6-8-23-24(14-19)32-16-18-3-1-2-4-22(18)30(23)15-17-5-7-20-21(13-17)29-25(31)26(20)9-11-28-12-10-26;/h1-8,13-14,28H,9-12,15-16H2,(H,29,31);1H. The normalized spacial score (nSPS) is 17.7. The van der Waals surface area contributed by atoms with Gasteiger partial charge in [-0.3, -0.25) is 4.79 Å². The molecule has 7 heteroatoms. The van der Waals surface area contributed by atoms with E-state index in [4.69, 9.17) is 4.74 Å². The summed E-state index contributed by atoms with van der Waals surface area (Å²) in [5.74, 6) is 0.326. The Morgan fingerprint density at radius 3 is 2.67 bits per heavy atom. The molecule has 2 N–H and O–H groups in total. The van der Waals surface area contributed by atoms with Gasteiger partial charge in [0.25, 0.3) is 0 Å². The zero-order valence-corrected chi connectivity index (χ0v) is 18.9. The second kappa shape index (κ2) is 8.36. The number of rotatable bonds is 2. The SMILES string of the molecule is Cl.O=C1Nc2cc(CN3c4ccccc4COc4cc(F)ccc43)ccc2C12CCNCC2. The van der Waals surface area contributed by atoms with Crippen LogP contribution in [0.15, 0.2) is 60.7 Å². The maximum Gasteiger partial charge on any atom is 0.235 e. The molecule has 0 saturated carbocycles. The van der Waals surface area contributed by atoms with Gasteiger partial charge in [0.2, 0.25) is 5.91 Å². The first-order chi connectivity index (χ1) is 15.6. The average Bonchev–Trinajstić information content (AvgIpc) is 2.97. The Labute approximate surface area is 198 Å². The van der Waals surface area contributed by atoms with Crippen LogP contribution in [0.3, 0.4) is 0 Å². The van der Waals surface area contributed by atoms with Gasteiger partial charge in [-0.05, 0) is 61.3 Å². The summed E-state index contributed by atoms with van der Waals surface area (Å²) < 4.78 is 19.9. The molecule has 0 bridgehead atoms. The van der Waals surface area contributed by atoms with Crippen molar-refractivity contribution < 1.29 is 13.9 Å². The summed E-state index contributed by atoms with van der Waals surface area (Å²) in [4.78, 5) is 15.1. The van der Waals surface area contributed by atoms with Gasteiger partial charge < -0.3 is 20.3 Å². The van der Waals surface area contributed by atoms with E-state index in [9.17, 15) is 9.18 Å². The Balaban J connectivity index is 0.00000228. The van der Waals surface area contributed by atoms with Crippen molar-refractivity contribution in [3.8, 4) is 5.75 Å². The van der Waals surface area contributed by atoms with Crippen LogP contribution in [0.5, 0.6) is 5.75 Å². The molecule has 0 unspecified atom stereocenters. The highest BCUT2D eigenvalue weighted by Gasteiger charge is 2.47. The number of hydrogen-bond acceptors (Lipinski definition) is 4. The van der Waals surface area contributed by atoms with E-state index in [1.54, 1.807) is 6.07 Å². The molecule has 5 nitrogen and oxygen atoms in total. The topological polar surface area (TPSA) is 53.6 Å². The van der Waals surface area contributed by atoms with Crippen LogP contribution in [0, 0.1) is 5.82 Å². The van der Waals surface area contributed by atoms with Crippen molar-refractivity contribution in [3.63, 3.8) is 0 Å². The summed E-state index contributed by atoms with van der Waals surface area (Å²) in [6.45, 7) is 2.68. The number of carbonyl (C=O) groups excluding carboxylic acids is 1. The Morgan fingerprint density at radius 1 is 1.00 bits per heavy atom. The second-order valence-corrected chi connectivity index (χ2v) is 8.78. The van der Waals surface area contributed by atoms with Crippen molar-refractivity contribution in [2.45, 2.75) is 31.4 Å². The molecule has 0 radical (unpaired) electrons. The number of ether oxygens (including phenoxy) is 1.